The van der Waals surface area contributed by atoms with Crippen LogP contribution in [0.4, 0.5) is 10.2 Å². The van der Waals surface area contributed by atoms with Gasteiger partial charge in [-0.3, -0.25) is 0 Å². The monoisotopic (exact) mass is 378 g/mol. The predicted molar refractivity (Wildman–Crippen MR) is 96.8 cm³/mol. The number of halogens is 1. The van der Waals surface area contributed by atoms with E-state index < -0.39 is 11.8 Å². The Morgan fingerprint density at radius 2 is 2.26 bits per heavy atom. The van der Waals surface area contributed by atoms with Gasteiger partial charge < -0.3 is 24.0 Å². The summed E-state index contributed by atoms with van der Waals surface area (Å²) in [5, 5.41) is 13.8. The Morgan fingerprint density at radius 3 is 2.96 bits per heavy atom. The summed E-state index contributed by atoms with van der Waals surface area (Å²) >= 11 is 0. The summed E-state index contributed by atoms with van der Waals surface area (Å²) in [6.45, 7) is 2.08. The maximum absolute atomic E-state index is 13.7. The Kier molecular flexibility index (Phi) is 5.95. The van der Waals surface area contributed by atoms with Crippen molar-refractivity contribution in [3.8, 4) is 17.1 Å². The predicted octanol–water partition coefficient (Wildman–Crippen LogP) is 3.44. The number of carboxylic acid groups (broad SMARTS) is 1. The van der Waals surface area contributed by atoms with E-state index in [4.69, 9.17) is 14.0 Å². The molecule has 0 radical (unpaired) electrons. The van der Waals surface area contributed by atoms with E-state index in [9.17, 15) is 14.3 Å². The van der Waals surface area contributed by atoms with Gasteiger partial charge in [0, 0.05) is 32.4 Å². The van der Waals surface area contributed by atoms with Crippen LogP contribution in [0, 0.1) is 11.7 Å². The van der Waals surface area contributed by atoms with Gasteiger partial charge in [0.2, 0.25) is 0 Å². The lowest BCUT2D eigenvalue weighted by molar-refractivity contribution is 0.0697. The number of rotatable bonds is 7. The fraction of sp³-hybridized carbons (Fsp3) is 0.474. The highest BCUT2D eigenvalue weighted by Gasteiger charge is 2.30. The van der Waals surface area contributed by atoms with E-state index in [1.54, 1.807) is 7.11 Å². The highest BCUT2D eigenvalue weighted by Crippen LogP contribution is 2.35. The summed E-state index contributed by atoms with van der Waals surface area (Å²) in [4.78, 5) is 13.9. The smallest absolute Gasteiger partial charge is 0.343 e. The van der Waals surface area contributed by atoms with Gasteiger partial charge in [-0.15, -0.1) is 0 Å². The molecular formula is C19H23FN2O5. The van der Waals surface area contributed by atoms with Crippen LogP contribution in [0.15, 0.2) is 22.7 Å². The highest BCUT2D eigenvalue weighted by atomic mass is 19.1. The molecule has 1 aromatic carbocycles. The van der Waals surface area contributed by atoms with Crippen molar-refractivity contribution in [1.29, 1.82) is 0 Å². The Hall–Kier alpha value is -2.61. The van der Waals surface area contributed by atoms with Crippen molar-refractivity contribution in [1.82, 2.24) is 5.16 Å². The Balaban J connectivity index is 1.93. The Bertz CT molecular complexity index is 807. The van der Waals surface area contributed by atoms with E-state index in [1.807, 2.05) is 4.90 Å². The lowest BCUT2D eigenvalue weighted by atomic mass is 9.95. The second-order valence-electron chi connectivity index (χ2n) is 6.60. The van der Waals surface area contributed by atoms with Gasteiger partial charge in [0.25, 0.3) is 0 Å². The molecule has 1 aromatic heterocycles. The lowest BCUT2D eigenvalue weighted by Gasteiger charge is -2.32. The van der Waals surface area contributed by atoms with Crippen LogP contribution in [0.2, 0.25) is 0 Å². The van der Waals surface area contributed by atoms with Gasteiger partial charge in [-0.2, -0.15) is 0 Å². The Labute approximate surface area is 156 Å². The van der Waals surface area contributed by atoms with Gasteiger partial charge >= 0.3 is 5.97 Å². The van der Waals surface area contributed by atoms with Gasteiger partial charge in [-0.05, 0) is 43.4 Å². The molecule has 2 aromatic rings. The number of piperidine rings is 1. The van der Waals surface area contributed by atoms with Crippen molar-refractivity contribution in [3.63, 3.8) is 0 Å². The minimum absolute atomic E-state index is 0.0133. The molecule has 0 bridgehead atoms. The number of methoxy groups -OCH3 is 2. The second kappa shape index (κ2) is 8.39. The SMILES string of the molecule is COCCC1CCCN(c2noc(-c3ccc(F)c(OC)c3)c2C(=O)O)C1. The Morgan fingerprint density at radius 1 is 1.44 bits per heavy atom. The van der Waals surface area contributed by atoms with Gasteiger partial charge in [0.15, 0.2) is 28.7 Å². The van der Waals surface area contributed by atoms with Crippen molar-refractivity contribution in [2.75, 3.05) is 38.8 Å². The number of carbonyl (C=O) groups is 1. The molecule has 3 rings (SSSR count). The molecule has 0 saturated carbocycles. The third kappa shape index (κ3) is 4.05. The first-order valence-electron chi connectivity index (χ1n) is 8.86. The molecule has 8 heteroatoms. The molecule has 1 fully saturated rings. The average Bonchev–Trinajstić information content (AvgIpc) is 3.12. The topological polar surface area (TPSA) is 85.0 Å². The molecule has 1 unspecified atom stereocenters. The minimum atomic E-state index is -1.14. The molecule has 2 heterocycles. The number of aromatic carboxylic acids is 1. The fourth-order valence-electron chi connectivity index (χ4n) is 3.47. The van der Waals surface area contributed by atoms with E-state index in [-0.39, 0.29) is 17.1 Å². The van der Waals surface area contributed by atoms with Crippen LogP contribution in [0.3, 0.4) is 0 Å². The van der Waals surface area contributed by atoms with Crippen molar-refractivity contribution in [3.05, 3.63) is 29.6 Å². The second-order valence-corrected chi connectivity index (χ2v) is 6.60. The molecule has 1 aliphatic rings. The molecular weight excluding hydrogens is 355 g/mol. The van der Waals surface area contributed by atoms with Crippen LogP contribution < -0.4 is 9.64 Å². The van der Waals surface area contributed by atoms with Crippen LogP contribution in [0.5, 0.6) is 5.75 Å². The number of hydrogen-bond donors (Lipinski definition) is 1. The molecule has 1 saturated heterocycles. The third-order valence-corrected chi connectivity index (χ3v) is 4.85. The number of nitrogens with zero attached hydrogens (tertiary/aromatic N) is 2. The first-order chi connectivity index (χ1) is 13.0. The molecule has 146 valence electrons. The van der Waals surface area contributed by atoms with Gasteiger partial charge in [-0.25, -0.2) is 9.18 Å². The molecule has 0 aliphatic carbocycles. The first kappa shape index (κ1) is 19.2. The molecule has 1 aliphatic heterocycles. The van der Waals surface area contributed by atoms with Crippen LogP contribution in [-0.2, 0) is 4.74 Å². The number of hydrogen-bond acceptors (Lipinski definition) is 6. The summed E-state index contributed by atoms with van der Waals surface area (Å²) in [7, 11) is 3.02. The van der Waals surface area contributed by atoms with E-state index in [0.717, 1.165) is 19.3 Å². The van der Waals surface area contributed by atoms with E-state index in [0.29, 0.717) is 37.0 Å². The van der Waals surface area contributed by atoms with Crippen LogP contribution in [-0.4, -0.2) is 50.1 Å². The zero-order chi connectivity index (χ0) is 19.4. The highest BCUT2D eigenvalue weighted by molar-refractivity contribution is 5.99. The van der Waals surface area contributed by atoms with E-state index >= 15 is 0 Å². The zero-order valence-corrected chi connectivity index (χ0v) is 15.4. The van der Waals surface area contributed by atoms with Crippen LogP contribution in [0.1, 0.15) is 29.6 Å². The maximum Gasteiger partial charge on any atom is 0.343 e. The van der Waals surface area contributed by atoms with Gasteiger partial charge in [-0.1, -0.05) is 5.16 Å². The summed E-state index contributed by atoms with van der Waals surface area (Å²) in [5.41, 5.74) is 0.383. The van der Waals surface area contributed by atoms with Crippen LogP contribution >= 0.6 is 0 Å². The van der Waals surface area contributed by atoms with Crippen molar-refractivity contribution in [2.45, 2.75) is 19.3 Å². The quantitative estimate of drug-likeness (QED) is 0.790. The third-order valence-electron chi connectivity index (χ3n) is 4.85. The molecule has 0 amide bonds. The normalized spacial score (nSPS) is 17.1. The van der Waals surface area contributed by atoms with Crippen LogP contribution in [0.25, 0.3) is 11.3 Å². The summed E-state index contributed by atoms with van der Waals surface area (Å²) in [5.74, 6) is -0.845. The largest absolute Gasteiger partial charge is 0.494 e. The molecule has 1 atom stereocenters. The molecule has 7 nitrogen and oxygen atoms in total. The van der Waals surface area contributed by atoms with Gasteiger partial charge in [0.05, 0.1) is 7.11 Å². The van der Waals surface area contributed by atoms with Crippen molar-refractivity contribution in [2.24, 2.45) is 5.92 Å². The maximum atomic E-state index is 13.7. The average molecular weight is 378 g/mol. The number of ether oxygens (including phenoxy) is 2. The fourth-order valence-corrected chi connectivity index (χ4v) is 3.47. The molecule has 27 heavy (non-hydrogen) atoms. The number of benzene rings is 1. The lowest BCUT2D eigenvalue weighted by Crippen LogP contribution is -2.36. The van der Waals surface area contributed by atoms with E-state index in [2.05, 4.69) is 5.16 Å². The summed E-state index contributed by atoms with van der Waals surface area (Å²) in [6, 6.07) is 4.07. The molecule has 1 N–H and O–H groups in total. The van der Waals surface area contributed by atoms with Crippen molar-refractivity contribution < 1.29 is 28.3 Å². The van der Waals surface area contributed by atoms with E-state index in [1.165, 1.54) is 25.3 Å². The summed E-state index contributed by atoms with van der Waals surface area (Å²) < 4.78 is 29.2. The van der Waals surface area contributed by atoms with Gasteiger partial charge in [0.1, 0.15) is 0 Å². The molecule has 0 spiro atoms. The number of aromatic nitrogens is 1. The van der Waals surface area contributed by atoms with Crippen molar-refractivity contribution >= 4 is 11.8 Å². The first-order valence-corrected chi connectivity index (χ1v) is 8.86. The minimum Gasteiger partial charge on any atom is -0.494 e. The number of carboxylic acids is 1. The number of anilines is 1. The zero-order valence-electron chi connectivity index (χ0n) is 15.4. The standard InChI is InChI=1S/C19H23FN2O5/c1-25-9-7-12-4-3-8-22(11-12)18-16(19(23)24)17(27-21-18)13-5-6-14(20)15(10-13)26-2/h5-6,10,12H,3-4,7-9,11H2,1-2H3,(H,23,24). The summed E-state index contributed by atoms with van der Waals surface area (Å²) in [6.07, 6.45) is 2.93.